The van der Waals surface area contributed by atoms with Crippen LogP contribution >= 0.6 is 0 Å². The molecule has 0 radical (unpaired) electrons. The molecule has 4 heteroatoms. The van der Waals surface area contributed by atoms with Crippen LogP contribution < -0.4 is 10.1 Å². The highest BCUT2D eigenvalue weighted by atomic mass is 16.5. The third-order valence-electron chi connectivity index (χ3n) is 3.91. The maximum atomic E-state index is 12.0. The summed E-state index contributed by atoms with van der Waals surface area (Å²) in [6.07, 6.45) is 2.42. The summed E-state index contributed by atoms with van der Waals surface area (Å²) in [5.41, 5.74) is 1.24. The number of aliphatic hydroxyl groups excluding tert-OH is 1. The number of amides is 1. The molecule has 110 valence electrons. The minimum atomic E-state index is -0.512. The number of aryl methyl sites for hydroxylation is 1. The Bertz CT molecular complexity index is 469. The molecule has 1 atom stereocenters. The van der Waals surface area contributed by atoms with E-state index >= 15 is 0 Å². The molecule has 1 unspecified atom stereocenters. The Balaban J connectivity index is 1.80. The van der Waals surface area contributed by atoms with Crippen LogP contribution in [-0.4, -0.2) is 30.3 Å². The Labute approximate surface area is 120 Å². The summed E-state index contributed by atoms with van der Waals surface area (Å²) < 4.78 is 5.64. The van der Waals surface area contributed by atoms with Gasteiger partial charge in [-0.2, -0.15) is 0 Å². The summed E-state index contributed by atoms with van der Waals surface area (Å²) in [6.45, 7) is 4.56. The molecule has 1 aromatic carbocycles. The molecule has 20 heavy (non-hydrogen) atoms. The number of hydrogen-bond acceptors (Lipinski definition) is 3. The van der Waals surface area contributed by atoms with E-state index in [2.05, 4.69) is 5.32 Å². The highest BCUT2D eigenvalue weighted by Crippen LogP contribution is 2.47. The maximum Gasteiger partial charge on any atom is 0.260 e. The van der Waals surface area contributed by atoms with Crippen molar-refractivity contribution in [2.45, 2.75) is 39.2 Å². The van der Waals surface area contributed by atoms with Gasteiger partial charge in [-0.15, -0.1) is 0 Å². The quantitative estimate of drug-likeness (QED) is 0.802. The molecule has 4 nitrogen and oxygen atoms in total. The van der Waals surface area contributed by atoms with E-state index in [-0.39, 0.29) is 17.9 Å². The summed E-state index contributed by atoms with van der Waals surface area (Å²) in [6, 6.07) is 7.67. The largest absolute Gasteiger partial charge is 0.481 e. The Morgan fingerprint density at radius 1 is 1.50 bits per heavy atom. The molecule has 0 aliphatic heterocycles. The number of carbonyl (C=O) groups is 1. The molecular formula is C16H23NO3. The maximum absolute atomic E-state index is 12.0. The van der Waals surface area contributed by atoms with Crippen LogP contribution in [0.2, 0.25) is 0 Å². The molecule has 0 heterocycles. The van der Waals surface area contributed by atoms with Gasteiger partial charge < -0.3 is 15.2 Å². The summed E-state index contributed by atoms with van der Waals surface area (Å²) in [4.78, 5) is 12.0. The zero-order chi connectivity index (χ0) is 14.6. The fourth-order valence-electron chi connectivity index (χ4n) is 2.29. The van der Waals surface area contributed by atoms with Crippen LogP contribution in [0.1, 0.15) is 31.7 Å². The van der Waals surface area contributed by atoms with Gasteiger partial charge in [-0.3, -0.25) is 4.79 Å². The minimum absolute atomic E-state index is 0.101. The SMILES string of the molecule is Cc1cccc(OC(C)C(=O)NCC2(CCO)CC2)c1. The van der Waals surface area contributed by atoms with Gasteiger partial charge in [-0.25, -0.2) is 0 Å². The van der Waals surface area contributed by atoms with Crippen LogP contribution in [0.5, 0.6) is 5.75 Å². The molecule has 2 rings (SSSR count). The second kappa shape index (κ2) is 6.27. The first-order valence-corrected chi connectivity index (χ1v) is 7.17. The fourth-order valence-corrected chi connectivity index (χ4v) is 2.29. The van der Waals surface area contributed by atoms with Crippen molar-refractivity contribution in [1.82, 2.24) is 5.32 Å². The van der Waals surface area contributed by atoms with E-state index in [9.17, 15) is 4.79 Å². The summed E-state index contributed by atoms with van der Waals surface area (Å²) >= 11 is 0. The lowest BCUT2D eigenvalue weighted by molar-refractivity contribution is -0.127. The van der Waals surface area contributed by atoms with Crippen LogP contribution in [0.4, 0.5) is 0 Å². The molecule has 1 saturated carbocycles. The van der Waals surface area contributed by atoms with Gasteiger partial charge in [0.25, 0.3) is 5.91 Å². The van der Waals surface area contributed by atoms with Gasteiger partial charge in [0.15, 0.2) is 6.10 Å². The smallest absolute Gasteiger partial charge is 0.260 e. The van der Waals surface area contributed by atoms with Gasteiger partial charge in [-0.1, -0.05) is 12.1 Å². The first-order chi connectivity index (χ1) is 9.54. The van der Waals surface area contributed by atoms with Crippen molar-refractivity contribution in [1.29, 1.82) is 0 Å². The first kappa shape index (κ1) is 14.9. The van der Waals surface area contributed by atoms with E-state index in [0.717, 1.165) is 24.8 Å². The predicted octanol–water partition coefficient (Wildman–Crippen LogP) is 2.04. The van der Waals surface area contributed by atoms with Crippen LogP contribution in [0.25, 0.3) is 0 Å². The number of benzene rings is 1. The fraction of sp³-hybridized carbons (Fsp3) is 0.562. The molecule has 0 bridgehead atoms. The van der Waals surface area contributed by atoms with Crippen LogP contribution in [0.3, 0.4) is 0 Å². The number of rotatable bonds is 7. The van der Waals surface area contributed by atoms with E-state index in [1.54, 1.807) is 6.92 Å². The number of carbonyl (C=O) groups excluding carboxylic acids is 1. The molecule has 2 N–H and O–H groups in total. The van der Waals surface area contributed by atoms with Gasteiger partial charge in [0.1, 0.15) is 5.75 Å². The van der Waals surface area contributed by atoms with E-state index < -0.39 is 6.10 Å². The normalized spacial score (nSPS) is 17.4. The topological polar surface area (TPSA) is 58.6 Å². The molecule has 1 fully saturated rings. The summed E-state index contributed by atoms with van der Waals surface area (Å²) in [7, 11) is 0. The second-order valence-corrected chi connectivity index (χ2v) is 5.77. The van der Waals surface area contributed by atoms with Gasteiger partial charge in [0.2, 0.25) is 0 Å². The third kappa shape index (κ3) is 3.97. The van der Waals surface area contributed by atoms with Crippen LogP contribution in [-0.2, 0) is 4.79 Å². The third-order valence-corrected chi connectivity index (χ3v) is 3.91. The summed E-state index contributed by atoms with van der Waals surface area (Å²) in [5.74, 6) is 0.611. The van der Waals surface area contributed by atoms with Crippen molar-refractivity contribution in [3.8, 4) is 5.75 Å². The Morgan fingerprint density at radius 2 is 2.25 bits per heavy atom. The highest BCUT2D eigenvalue weighted by Gasteiger charge is 2.42. The molecule has 1 aromatic rings. The van der Waals surface area contributed by atoms with Crippen molar-refractivity contribution >= 4 is 5.91 Å². The Hall–Kier alpha value is -1.55. The molecule has 0 saturated heterocycles. The number of hydrogen-bond donors (Lipinski definition) is 2. The van der Waals surface area contributed by atoms with Crippen molar-refractivity contribution < 1.29 is 14.6 Å². The van der Waals surface area contributed by atoms with Crippen LogP contribution in [0, 0.1) is 12.3 Å². The van der Waals surface area contributed by atoms with Crippen molar-refractivity contribution in [2.75, 3.05) is 13.2 Å². The summed E-state index contributed by atoms with van der Waals surface area (Å²) in [5, 5.41) is 11.9. The first-order valence-electron chi connectivity index (χ1n) is 7.17. The van der Waals surface area contributed by atoms with Crippen LogP contribution in [0.15, 0.2) is 24.3 Å². The van der Waals surface area contributed by atoms with Gasteiger partial charge in [0, 0.05) is 13.2 Å². The number of ether oxygens (including phenoxy) is 1. The number of nitrogens with one attached hydrogen (secondary N) is 1. The van der Waals surface area contributed by atoms with E-state index in [4.69, 9.17) is 9.84 Å². The molecule has 1 aliphatic rings. The lowest BCUT2D eigenvalue weighted by Crippen LogP contribution is -2.39. The highest BCUT2D eigenvalue weighted by molar-refractivity contribution is 5.80. The number of aliphatic hydroxyl groups is 1. The van der Waals surface area contributed by atoms with E-state index in [0.29, 0.717) is 12.3 Å². The average Bonchev–Trinajstić information content (AvgIpc) is 3.17. The van der Waals surface area contributed by atoms with E-state index in [1.807, 2.05) is 31.2 Å². The van der Waals surface area contributed by atoms with Crippen molar-refractivity contribution in [3.05, 3.63) is 29.8 Å². The second-order valence-electron chi connectivity index (χ2n) is 5.77. The standard InChI is InChI=1S/C16H23NO3/c1-12-4-3-5-14(10-12)20-13(2)15(19)17-11-16(6-7-16)8-9-18/h3-5,10,13,18H,6-9,11H2,1-2H3,(H,17,19). The monoisotopic (exact) mass is 277 g/mol. The lowest BCUT2D eigenvalue weighted by atomic mass is 10.0. The molecule has 1 amide bonds. The molecule has 0 spiro atoms. The van der Waals surface area contributed by atoms with Crippen molar-refractivity contribution in [3.63, 3.8) is 0 Å². The molecule has 0 aromatic heterocycles. The average molecular weight is 277 g/mol. The zero-order valence-corrected chi connectivity index (χ0v) is 12.2. The molecular weight excluding hydrogens is 254 g/mol. The lowest BCUT2D eigenvalue weighted by Gasteiger charge is -2.18. The van der Waals surface area contributed by atoms with Gasteiger partial charge >= 0.3 is 0 Å². The Morgan fingerprint density at radius 3 is 2.85 bits per heavy atom. The van der Waals surface area contributed by atoms with Crippen molar-refractivity contribution in [2.24, 2.45) is 5.41 Å². The van der Waals surface area contributed by atoms with Gasteiger partial charge in [0.05, 0.1) is 0 Å². The van der Waals surface area contributed by atoms with Gasteiger partial charge in [-0.05, 0) is 56.2 Å². The Kier molecular flexibility index (Phi) is 4.65. The minimum Gasteiger partial charge on any atom is -0.481 e. The van der Waals surface area contributed by atoms with E-state index in [1.165, 1.54) is 0 Å². The zero-order valence-electron chi connectivity index (χ0n) is 12.2. The molecule has 1 aliphatic carbocycles. The predicted molar refractivity (Wildman–Crippen MR) is 77.6 cm³/mol.